The van der Waals surface area contributed by atoms with Crippen LogP contribution in [0, 0.1) is 10.1 Å². The minimum absolute atomic E-state index is 0.00797. The first-order valence-electron chi connectivity index (χ1n) is 10.1. The zero-order valence-corrected chi connectivity index (χ0v) is 18.5. The molecule has 1 aliphatic rings. The summed E-state index contributed by atoms with van der Waals surface area (Å²) in [6.07, 6.45) is -4.49. The molecule has 0 bridgehead atoms. The van der Waals surface area contributed by atoms with Crippen molar-refractivity contribution in [2.45, 2.75) is 43.2 Å². The molecule has 0 saturated carbocycles. The van der Waals surface area contributed by atoms with Crippen LogP contribution in [-0.2, 0) is 9.09 Å². The van der Waals surface area contributed by atoms with Crippen LogP contribution in [-0.4, -0.2) is 92.5 Å². The number of nitrogens with one attached hydrogen (secondary N) is 2. The molecule has 33 heavy (non-hydrogen) atoms. The van der Waals surface area contributed by atoms with E-state index >= 15 is 0 Å². The number of rotatable bonds is 12. The van der Waals surface area contributed by atoms with Gasteiger partial charge >= 0.3 is 7.60 Å². The molecule has 1 aromatic carbocycles. The summed E-state index contributed by atoms with van der Waals surface area (Å²) in [6, 6.07) is 2.04. The van der Waals surface area contributed by atoms with Gasteiger partial charge in [-0.1, -0.05) is 0 Å². The predicted molar refractivity (Wildman–Crippen MR) is 116 cm³/mol. The molecule has 1 saturated heterocycles. The fourth-order valence-electron chi connectivity index (χ4n) is 3.47. The highest BCUT2D eigenvalue weighted by atomic mass is 31.2. The molecule has 14 nitrogen and oxygen atoms in total. The van der Waals surface area contributed by atoms with Crippen LogP contribution in [0.5, 0.6) is 0 Å². The molecule has 15 heteroatoms. The zero-order chi connectivity index (χ0) is 24.8. The second kappa shape index (κ2) is 11.8. The lowest BCUT2D eigenvalue weighted by Gasteiger charge is -2.21. The van der Waals surface area contributed by atoms with Crippen LogP contribution in [0.4, 0.5) is 11.4 Å². The van der Waals surface area contributed by atoms with E-state index in [-0.39, 0.29) is 37.2 Å². The van der Waals surface area contributed by atoms with Gasteiger partial charge in [0.25, 0.3) is 11.6 Å². The van der Waals surface area contributed by atoms with Gasteiger partial charge < -0.3 is 46.2 Å². The summed E-state index contributed by atoms with van der Waals surface area (Å²) in [6.45, 7) is -0.671. The van der Waals surface area contributed by atoms with Crippen molar-refractivity contribution >= 4 is 24.9 Å². The quantitative estimate of drug-likeness (QED) is 0.0536. The standard InChI is InChI=1S/C18H29N4O10P/c19-10-2-3-15(22(28)29)12(6-10)18(27)20-4-1-5-32-33(30,31)9-11(24)7-13-16(25)17(26)14(8-23)21-13/h2-3,6,11,13-14,16-17,21,23-26H,1,4-5,7-9,19H2,(H,20,27)(H,30,31)/t11-,13-,14-,16-,17-/m1/s1. The van der Waals surface area contributed by atoms with Gasteiger partial charge in [0.2, 0.25) is 0 Å². The largest absolute Gasteiger partial charge is 0.399 e. The van der Waals surface area contributed by atoms with E-state index in [9.17, 15) is 39.7 Å². The number of aliphatic hydroxyl groups is 4. The number of nitrogens with two attached hydrogens (primary N) is 1. The van der Waals surface area contributed by atoms with Crippen LogP contribution >= 0.6 is 7.60 Å². The Hall–Kier alpha value is -2.16. The molecule has 1 aromatic rings. The van der Waals surface area contributed by atoms with Crippen LogP contribution in [0.25, 0.3) is 0 Å². The van der Waals surface area contributed by atoms with Gasteiger partial charge in [0.15, 0.2) is 0 Å². The van der Waals surface area contributed by atoms with E-state index in [1.165, 1.54) is 12.1 Å². The van der Waals surface area contributed by atoms with Crippen LogP contribution < -0.4 is 16.4 Å². The average molecular weight is 492 g/mol. The summed E-state index contributed by atoms with van der Waals surface area (Å²) in [5, 5.41) is 55.1. The molecular formula is C18H29N4O10P. The van der Waals surface area contributed by atoms with E-state index in [0.717, 1.165) is 6.07 Å². The summed E-state index contributed by atoms with van der Waals surface area (Å²) in [7, 11) is -4.20. The SMILES string of the molecule is Nc1ccc([N+](=O)[O-])c(C(=O)NCCCOP(=O)(O)C[C@H](O)C[C@H]2N[C@H](CO)[C@@H](O)[C@@H]2O)c1. The molecular weight excluding hydrogens is 463 g/mol. The molecule has 0 spiro atoms. The van der Waals surface area contributed by atoms with Crippen molar-refractivity contribution in [3.05, 3.63) is 33.9 Å². The van der Waals surface area contributed by atoms with E-state index in [1.54, 1.807) is 0 Å². The maximum atomic E-state index is 12.2. The number of nitrogen functional groups attached to an aromatic ring is 1. The molecule has 1 unspecified atom stereocenters. The minimum atomic E-state index is -4.20. The molecule has 0 radical (unpaired) electrons. The first kappa shape index (κ1) is 27.1. The molecule has 9 N–H and O–H groups in total. The van der Waals surface area contributed by atoms with Gasteiger partial charge in [0.1, 0.15) is 5.56 Å². The molecule has 186 valence electrons. The molecule has 1 aliphatic heterocycles. The molecule has 6 atom stereocenters. The Morgan fingerprint density at radius 2 is 2.00 bits per heavy atom. The first-order valence-corrected chi connectivity index (χ1v) is 11.9. The predicted octanol–water partition coefficient (Wildman–Crippen LogP) is -1.70. The summed E-state index contributed by atoms with van der Waals surface area (Å²) < 4.78 is 17.1. The Morgan fingerprint density at radius 3 is 2.61 bits per heavy atom. The van der Waals surface area contributed by atoms with Crippen molar-refractivity contribution in [3.63, 3.8) is 0 Å². The van der Waals surface area contributed by atoms with Gasteiger partial charge in [-0.25, -0.2) is 0 Å². The molecule has 1 heterocycles. The number of nitrogens with zero attached hydrogens (tertiary/aromatic N) is 1. The summed E-state index contributed by atoms with van der Waals surface area (Å²) in [5.74, 6) is -0.734. The third-order valence-electron chi connectivity index (χ3n) is 5.13. The van der Waals surface area contributed by atoms with Crippen molar-refractivity contribution in [3.8, 4) is 0 Å². The summed E-state index contributed by atoms with van der Waals surface area (Å²) in [5.41, 5.74) is 5.12. The maximum Gasteiger partial charge on any atom is 0.330 e. The van der Waals surface area contributed by atoms with Crippen LogP contribution in [0.15, 0.2) is 18.2 Å². The number of anilines is 1. The van der Waals surface area contributed by atoms with Gasteiger partial charge in [0.05, 0.1) is 48.7 Å². The van der Waals surface area contributed by atoms with E-state index in [2.05, 4.69) is 10.6 Å². The Balaban J connectivity index is 1.74. The molecule has 1 amide bonds. The third kappa shape index (κ3) is 7.69. The average Bonchev–Trinajstić information content (AvgIpc) is 3.00. The van der Waals surface area contributed by atoms with Crippen molar-refractivity contribution in [2.24, 2.45) is 0 Å². The molecule has 0 aliphatic carbocycles. The highest BCUT2D eigenvalue weighted by Gasteiger charge is 2.41. The Labute approximate surface area is 189 Å². The number of aliphatic hydroxyl groups excluding tert-OH is 4. The number of carbonyl (C=O) groups is 1. The van der Waals surface area contributed by atoms with E-state index in [4.69, 9.17) is 15.4 Å². The van der Waals surface area contributed by atoms with E-state index < -0.39 is 67.3 Å². The third-order valence-corrected chi connectivity index (χ3v) is 6.60. The second-order valence-corrected chi connectivity index (χ2v) is 9.63. The fraction of sp³-hybridized carbons (Fsp3) is 0.611. The van der Waals surface area contributed by atoms with Crippen molar-refractivity contribution in [2.75, 3.05) is 31.7 Å². The number of hydrogen-bond acceptors (Lipinski definition) is 11. The van der Waals surface area contributed by atoms with Gasteiger partial charge in [0, 0.05) is 24.3 Å². The van der Waals surface area contributed by atoms with Gasteiger partial charge in [-0.05, 0) is 25.0 Å². The number of nitro groups is 1. The molecule has 1 fully saturated rings. The number of hydrogen-bond donors (Lipinski definition) is 8. The van der Waals surface area contributed by atoms with Crippen molar-refractivity contribution in [1.82, 2.24) is 10.6 Å². The monoisotopic (exact) mass is 492 g/mol. The van der Waals surface area contributed by atoms with Crippen LogP contribution in [0.3, 0.4) is 0 Å². The fourth-order valence-corrected chi connectivity index (χ4v) is 4.68. The number of nitro benzene ring substituents is 1. The summed E-state index contributed by atoms with van der Waals surface area (Å²) >= 11 is 0. The second-order valence-electron chi connectivity index (χ2n) is 7.73. The lowest BCUT2D eigenvalue weighted by Crippen LogP contribution is -2.38. The smallest absolute Gasteiger partial charge is 0.330 e. The van der Waals surface area contributed by atoms with Gasteiger partial charge in [-0.15, -0.1) is 0 Å². The Morgan fingerprint density at radius 1 is 1.33 bits per heavy atom. The zero-order valence-electron chi connectivity index (χ0n) is 17.6. The summed E-state index contributed by atoms with van der Waals surface area (Å²) in [4.78, 5) is 32.4. The first-order chi connectivity index (χ1) is 15.4. The molecule has 2 rings (SSSR count). The van der Waals surface area contributed by atoms with Crippen LogP contribution in [0.1, 0.15) is 23.2 Å². The lowest BCUT2D eigenvalue weighted by atomic mass is 10.0. The van der Waals surface area contributed by atoms with Gasteiger partial charge in [-0.3, -0.25) is 19.5 Å². The van der Waals surface area contributed by atoms with Gasteiger partial charge in [-0.2, -0.15) is 0 Å². The molecule has 0 aromatic heterocycles. The highest BCUT2D eigenvalue weighted by molar-refractivity contribution is 7.52. The Bertz CT molecular complexity index is 888. The maximum absolute atomic E-state index is 12.2. The number of amides is 1. The Kier molecular flexibility index (Phi) is 9.70. The van der Waals surface area contributed by atoms with E-state index in [0.29, 0.717) is 0 Å². The number of benzene rings is 1. The van der Waals surface area contributed by atoms with Crippen molar-refractivity contribution < 1.29 is 44.1 Å². The highest BCUT2D eigenvalue weighted by Crippen LogP contribution is 2.43. The minimum Gasteiger partial charge on any atom is -0.399 e. The lowest BCUT2D eigenvalue weighted by molar-refractivity contribution is -0.385. The normalized spacial score (nSPS) is 25.4. The topological polar surface area (TPSA) is 238 Å². The van der Waals surface area contributed by atoms with Crippen molar-refractivity contribution in [1.29, 1.82) is 0 Å². The van der Waals surface area contributed by atoms with Crippen LogP contribution in [0.2, 0.25) is 0 Å². The van der Waals surface area contributed by atoms with E-state index in [1.807, 2.05) is 0 Å². The number of carbonyl (C=O) groups excluding carboxylic acids is 1.